The molecule has 0 radical (unpaired) electrons. The maximum absolute atomic E-state index is 13.9. The van der Waals surface area contributed by atoms with Crippen molar-refractivity contribution in [3.8, 4) is 0 Å². The Balaban J connectivity index is 0.00000218. The molecule has 2 fully saturated rings. The molecule has 0 spiro atoms. The Bertz CT molecular complexity index is 555. The molecule has 30 heavy (non-hydrogen) atoms. The van der Waals surface area contributed by atoms with Gasteiger partial charge in [-0.15, -0.1) is 0 Å². The number of halogens is 2. The van der Waals surface area contributed by atoms with E-state index in [9.17, 15) is 18.4 Å². The summed E-state index contributed by atoms with van der Waals surface area (Å²) in [6.07, 6.45) is 2.42. The predicted molar refractivity (Wildman–Crippen MR) is 116 cm³/mol. The molecule has 2 amide bonds. The van der Waals surface area contributed by atoms with Gasteiger partial charge in [-0.05, 0) is 71.1 Å². The van der Waals surface area contributed by atoms with Crippen LogP contribution >= 0.6 is 0 Å². The average Bonchev–Trinajstić information content (AvgIpc) is 2.99. The van der Waals surface area contributed by atoms with Crippen LogP contribution in [-0.4, -0.2) is 47.6 Å². The second kappa shape index (κ2) is 11.3. The summed E-state index contributed by atoms with van der Waals surface area (Å²) in [6.45, 7) is 14.1. The van der Waals surface area contributed by atoms with E-state index in [1.807, 2.05) is 41.5 Å². The zero-order valence-corrected chi connectivity index (χ0v) is 19.9. The van der Waals surface area contributed by atoms with Crippen molar-refractivity contribution in [3.63, 3.8) is 0 Å². The fraction of sp³-hybridized carbons (Fsp3) is 0.913. The quantitative estimate of drug-likeness (QED) is 0.613. The molecule has 3 unspecified atom stereocenters. The number of rotatable bonds is 5. The molecule has 1 aliphatic heterocycles. The number of carbonyl (C=O) groups is 2. The lowest BCUT2D eigenvalue weighted by atomic mass is 9.73. The molecule has 1 aliphatic carbocycles. The molecule has 1 saturated carbocycles. The van der Waals surface area contributed by atoms with E-state index in [0.717, 1.165) is 12.8 Å². The van der Waals surface area contributed by atoms with Crippen LogP contribution in [0.1, 0.15) is 87.0 Å². The smallest absolute Gasteiger partial charge is 0.410 e. The number of hydrogen-bond donors (Lipinski definition) is 1. The Kier molecular flexibility index (Phi) is 10.0. The predicted octanol–water partition coefficient (Wildman–Crippen LogP) is 5.63. The van der Waals surface area contributed by atoms with Gasteiger partial charge in [-0.2, -0.15) is 0 Å². The monoisotopic (exact) mass is 432 g/mol. The Labute approximate surface area is 181 Å². The van der Waals surface area contributed by atoms with Crippen molar-refractivity contribution < 1.29 is 23.1 Å². The van der Waals surface area contributed by atoms with Gasteiger partial charge in [0.1, 0.15) is 5.60 Å². The van der Waals surface area contributed by atoms with Crippen molar-refractivity contribution in [2.45, 2.75) is 105 Å². The topological polar surface area (TPSA) is 58.6 Å². The molecule has 176 valence electrons. The van der Waals surface area contributed by atoms with Gasteiger partial charge in [0.15, 0.2) is 0 Å². The number of nitrogens with one attached hydrogen (secondary N) is 1. The standard InChI is InChI=1S/C21H36F2N2O3.C2H6/c1-14(24-15(2)26)12-18(17-6-9-21(22,23)13-17)16-7-10-25(11-8-16)19(27)28-20(3,4)5;1-2/h14,16-18H,6-13H2,1-5H3,(H,24,26);1-2H3. The first-order valence-corrected chi connectivity index (χ1v) is 11.5. The highest BCUT2D eigenvalue weighted by Gasteiger charge is 2.45. The molecule has 7 heteroatoms. The third kappa shape index (κ3) is 8.76. The molecular formula is C23H42F2N2O3. The van der Waals surface area contributed by atoms with Gasteiger partial charge < -0.3 is 15.0 Å². The van der Waals surface area contributed by atoms with Gasteiger partial charge in [-0.3, -0.25) is 4.79 Å². The largest absolute Gasteiger partial charge is 0.444 e. The first-order chi connectivity index (χ1) is 13.9. The fourth-order valence-electron chi connectivity index (χ4n) is 4.77. The number of likely N-dealkylation sites (tertiary alicyclic amines) is 1. The van der Waals surface area contributed by atoms with Crippen molar-refractivity contribution in [2.75, 3.05) is 13.1 Å². The molecule has 0 aromatic heterocycles. The minimum atomic E-state index is -2.57. The molecule has 0 aromatic rings. The summed E-state index contributed by atoms with van der Waals surface area (Å²) in [5, 5.41) is 2.90. The normalized spacial score (nSPS) is 23.8. The maximum Gasteiger partial charge on any atom is 0.410 e. The van der Waals surface area contributed by atoms with Crippen LogP contribution in [0.2, 0.25) is 0 Å². The van der Waals surface area contributed by atoms with Gasteiger partial charge >= 0.3 is 6.09 Å². The number of alkyl halides is 2. The molecule has 5 nitrogen and oxygen atoms in total. The Morgan fingerprint density at radius 3 is 2.13 bits per heavy atom. The van der Waals surface area contributed by atoms with Gasteiger partial charge in [0.05, 0.1) is 0 Å². The van der Waals surface area contributed by atoms with Crippen LogP contribution in [0.3, 0.4) is 0 Å². The Morgan fingerprint density at radius 1 is 1.13 bits per heavy atom. The molecule has 0 bridgehead atoms. The fourth-order valence-corrected chi connectivity index (χ4v) is 4.77. The van der Waals surface area contributed by atoms with Crippen LogP contribution in [0.15, 0.2) is 0 Å². The van der Waals surface area contributed by atoms with Crippen LogP contribution in [0.25, 0.3) is 0 Å². The lowest BCUT2D eigenvalue weighted by Crippen LogP contribution is -2.44. The summed E-state index contributed by atoms with van der Waals surface area (Å²) in [5.74, 6) is -2.27. The van der Waals surface area contributed by atoms with Gasteiger partial charge in [-0.1, -0.05) is 13.8 Å². The lowest BCUT2D eigenvalue weighted by molar-refractivity contribution is -0.119. The van der Waals surface area contributed by atoms with Crippen molar-refractivity contribution in [1.29, 1.82) is 0 Å². The minimum absolute atomic E-state index is 0.0238. The Morgan fingerprint density at radius 2 is 1.70 bits per heavy atom. The highest BCUT2D eigenvalue weighted by atomic mass is 19.3. The third-order valence-electron chi connectivity index (χ3n) is 5.92. The first kappa shape index (κ1) is 26.6. The number of nitrogens with zero attached hydrogens (tertiary/aromatic N) is 1. The second-order valence-corrected chi connectivity index (χ2v) is 9.66. The van der Waals surface area contributed by atoms with Crippen LogP contribution in [0.5, 0.6) is 0 Å². The average molecular weight is 433 g/mol. The van der Waals surface area contributed by atoms with Gasteiger partial charge in [0.2, 0.25) is 11.8 Å². The van der Waals surface area contributed by atoms with Crippen molar-refractivity contribution in [1.82, 2.24) is 10.2 Å². The number of carbonyl (C=O) groups excluding carboxylic acids is 2. The molecule has 1 heterocycles. The number of piperidine rings is 1. The maximum atomic E-state index is 13.9. The van der Waals surface area contributed by atoms with Crippen LogP contribution < -0.4 is 5.32 Å². The lowest BCUT2D eigenvalue weighted by Gasteiger charge is -2.39. The van der Waals surface area contributed by atoms with Crippen molar-refractivity contribution >= 4 is 12.0 Å². The molecule has 1 saturated heterocycles. The van der Waals surface area contributed by atoms with Gasteiger partial charge in [0, 0.05) is 38.9 Å². The van der Waals surface area contributed by atoms with Crippen LogP contribution in [0, 0.1) is 17.8 Å². The van der Waals surface area contributed by atoms with E-state index in [1.165, 1.54) is 6.92 Å². The zero-order chi connectivity index (χ0) is 23.1. The third-order valence-corrected chi connectivity index (χ3v) is 5.92. The van der Waals surface area contributed by atoms with E-state index >= 15 is 0 Å². The van der Waals surface area contributed by atoms with E-state index in [0.29, 0.717) is 25.9 Å². The summed E-state index contributed by atoms with van der Waals surface area (Å²) in [4.78, 5) is 25.4. The molecule has 1 N–H and O–H groups in total. The summed E-state index contributed by atoms with van der Waals surface area (Å²) < 4.78 is 33.2. The summed E-state index contributed by atoms with van der Waals surface area (Å²) in [6, 6.07) is -0.0411. The first-order valence-electron chi connectivity index (χ1n) is 11.5. The highest BCUT2D eigenvalue weighted by molar-refractivity contribution is 5.73. The summed E-state index contributed by atoms with van der Waals surface area (Å²) in [5.41, 5.74) is -0.528. The molecule has 0 aromatic carbocycles. The van der Waals surface area contributed by atoms with Gasteiger partial charge in [0.25, 0.3) is 0 Å². The minimum Gasteiger partial charge on any atom is -0.444 e. The molecule has 2 aliphatic rings. The molecule has 3 atom stereocenters. The second-order valence-electron chi connectivity index (χ2n) is 9.66. The van der Waals surface area contributed by atoms with Gasteiger partial charge in [-0.25, -0.2) is 13.6 Å². The number of hydrogen-bond acceptors (Lipinski definition) is 3. The molecule has 2 rings (SSSR count). The SMILES string of the molecule is CC.CC(=O)NC(C)CC(C1CCN(C(=O)OC(C)(C)C)CC1)C1CCC(F)(F)C1. The van der Waals surface area contributed by atoms with E-state index in [4.69, 9.17) is 4.74 Å². The highest BCUT2D eigenvalue weighted by Crippen LogP contribution is 2.47. The van der Waals surface area contributed by atoms with E-state index in [1.54, 1.807) is 4.90 Å². The summed E-state index contributed by atoms with van der Waals surface area (Å²) in [7, 11) is 0. The Hall–Kier alpha value is -1.40. The van der Waals surface area contributed by atoms with E-state index < -0.39 is 11.5 Å². The van der Waals surface area contributed by atoms with Crippen molar-refractivity contribution in [3.05, 3.63) is 0 Å². The van der Waals surface area contributed by atoms with E-state index in [2.05, 4.69) is 5.32 Å². The zero-order valence-electron chi connectivity index (χ0n) is 19.9. The van der Waals surface area contributed by atoms with Crippen molar-refractivity contribution in [2.24, 2.45) is 17.8 Å². The number of amides is 2. The summed E-state index contributed by atoms with van der Waals surface area (Å²) >= 11 is 0. The van der Waals surface area contributed by atoms with E-state index in [-0.39, 0.29) is 48.6 Å². The van der Waals surface area contributed by atoms with Crippen LogP contribution in [-0.2, 0) is 9.53 Å². The molecular weight excluding hydrogens is 390 g/mol. The number of ether oxygens (including phenoxy) is 1. The van der Waals surface area contributed by atoms with Crippen LogP contribution in [0.4, 0.5) is 13.6 Å².